The van der Waals surface area contributed by atoms with Crippen molar-refractivity contribution in [1.29, 1.82) is 0 Å². The fourth-order valence-electron chi connectivity index (χ4n) is 4.45. The van der Waals surface area contributed by atoms with Crippen LogP contribution in [0.2, 0.25) is 0 Å². The zero-order valence-electron chi connectivity index (χ0n) is 19.4. The molecular weight excluding hydrogens is 408 g/mol. The summed E-state index contributed by atoms with van der Waals surface area (Å²) in [6.07, 6.45) is 5.25. The van der Waals surface area contributed by atoms with Crippen LogP contribution in [0.25, 0.3) is 0 Å². The molecule has 1 heterocycles. The molecular formula is C24H36N4O4. The Hall–Kier alpha value is -2.77. The Morgan fingerprint density at radius 3 is 2.56 bits per heavy atom. The lowest BCUT2D eigenvalue weighted by molar-refractivity contribution is -0.129. The van der Waals surface area contributed by atoms with Crippen LogP contribution in [0.3, 0.4) is 0 Å². The number of anilines is 1. The number of rotatable bonds is 7. The third-order valence-electron chi connectivity index (χ3n) is 6.50. The highest BCUT2D eigenvalue weighted by Gasteiger charge is 2.32. The molecule has 0 spiro atoms. The van der Waals surface area contributed by atoms with Gasteiger partial charge in [-0.1, -0.05) is 45.7 Å². The number of hydrogen-bond donors (Lipinski definition) is 3. The summed E-state index contributed by atoms with van der Waals surface area (Å²) in [5, 5.41) is 8.40. The van der Waals surface area contributed by atoms with Gasteiger partial charge in [-0.3, -0.25) is 14.9 Å². The summed E-state index contributed by atoms with van der Waals surface area (Å²) in [5.74, 6) is 0.353. The molecule has 32 heavy (non-hydrogen) atoms. The van der Waals surface area contributed by atoms with Crippen molar-refractivity contribution in [2.45, 2.75) is 77.5 Å². The molecule has 3 unspecified atom stereocenters. The number of benzene rings is 1. The minimum absolute atomic E-state index is 0.0389. The molecule has 3 N–H and O–H groups in total. The smallest absolute Gasteiger partial charge is 0.321 e. The van der Waals surface area contributed by atoms with Crippen LogP contribution in [0, 0.1) is 5.92 Å². The van der Waals surface area contributed by atoms with Gasteiger partial charge in [-0.25, -0.2) is 4.79 Å². The van der Waals surface area contributed by atoms with Crippen molar-refractivity contribution in [2.24, 2.45) is 5.92 Å². The lowest BCUT2D eigenvalue weighted by Gasteiger charge is -2.35. The van der Waals surface area contributed by atoms with Crippen molar-refractivity contribution in [1.82, 2.24) is 16.0 Å². The van der Waals surface area contributed by atoms with E-state index in [2.05, 4.69) is 22.9 Å². The summed E-state index contributed by atoms with van der Waals surface area (Å²) in [6.45, 7) is 6.38. The zero-order valence-corrected chi connectivity index (χ0v) is 19.4. The topological polar surface area (TPSA) is 99.8 Å². The Bertz CT molecular complexity index is 811. The highest BCUT2D eigenvalue weighted by atomic mass is 16.5. The first-order chi connectivity index (χ1) is 15.4. The van der Waals surface area contributed by atoms with Crippen molar-refractivity contribution in [3.63, 3.8) is 0 Å². The van der Waals surface area contributed by atoms with E-state index in [1.54, 1.807) is 11.0 Å². The maximum atomic E-state index is 12.8. The summed E-state index contributed by atoms with van der Waals surface area (Å²) in [7, 11) is 0. The van der Waals surface area contributed by atoms with Crippen LogP contribution in [0.4, 0.5) is 10.5 Å². The summed E-state index contributed by atoms with van der Waals surface area (Å²) in [4.78, 5) is 39.6. The monoisotopic (exact) mass is 444 g/mol. The number of ether oxygens (including phenoxy) is 1. The number of carbonyl (C=O) groups is 3. The van der Waals surface area contributed by atoms with E-state index in [-0.39, 0.29) is 31.1 Å². The molecule has 3 atom stereocenters. The molecule has 1 aliphatic carbocycles. The molecule has 4 amide bonds. The predicted molar refractivity (Wildman–Crippen MR) is 124 cm³/mol. The third-order valence-corrected chi connectivity index (χ3v) is 6.50. The molecule has 0 saturated heterocycles. The number of imide groups is 1. The Kier molecular flexibility index (Phi) is 8.36. The van der Waals surface area contributed by atoms with Gasteiger partial charge in [0.15, 0.2) is 6.10 Å². The van der Waals surface area contributed by atoms with E-state index in [0.29, 0.717) is 11.7 Å². The van der Waals surface area contributed by atoms with Crippen molar-refractivity contribution >= 4 is 23.5 Å². The van der Waals surface area contributed by atoms with E-state index in [9.17, 15) is 14.4 Å². The van der Waals surface area contributed by atoms with Crippen LogP contribution >= 0.6 is 0 Å². The maximum absolute atomic E-state index is 12.8. The molecule has 1 saturated carbocycles. The second kappa shape index (κ2) is 11.2. The van der Waals surface area contributed by atoms with E-state index in [1.165, 1.54) is 6.42 Å². The van der Waals surface area contributed by atoms with Gasteiger partial charge in [0.2, 0.25) is 5.91 Å². The highest BCUT2D eigenvalue weighted by Crippen LogP contribution is 2.33. The normalized spacial score (nSPS) is 22.5. The first-order valence-electron chi connectivity index (χ1n) is 11.8. The Labute approximate surface area is 190 Å². The van der Waals surface area contributed by atoms with Gasteiger partial charge < -0.3 is 20.3 Å². The maximum Gasteiger partial charge on any atom is 0.321 e. The summed E-state index contributed by atoms with van der Waals surface area (Å²) >= 11 is 0. The van der Waals surface area contributed by atoms with Gasteiger partial charge in [0.25, 0.3) is 5.91 Å². The van der Waals surface area contributed by atoms with Gasteiger partial charge in [-0.05, 0) is 43.7 Å². The van der Waals surface area contributed by atoms with Gasteiger partial charge in [-0.2, -0.15) is 0 Å². The lowest BCUT2D eigenvalue weighted by atomic mass is 9.86. The van der Waals surface area contributed by atoms with Gasteiger partial charge in [0, 0.05) is 12.1 Å². The van der Waals surface area contributed by atoms with Gasteiger partial charge in [0.1, 0.15) is 5.75 Å². The van der Waals surface area contributed by atoms with Crippen molar-refractivity contribution in [3.8, 4) is 5.75 Å². The average Bonchev–Trinajstić information content (AvgIpc) is 2.78. The molecule has 0 aromatic heterocycles. The molecule has 176 valence electrons. The summed E-state index contributed by atoms with van der Waals surface area (Å²) in [5.41, 5.74) is 0.732. The molecule has 1 aliphatic heterocycles. The number of hydrogen-bond acceptors (Lipinski definition) is 5. The molecule has 8 heteroatoms. The number of carbonyl (C=O) groups excluding carboxylic acids is 3. The largest absolute Gasteiger partial charge is 0.477 e. The lowest BCUT2D eigenvalue weighted by Crippen LogP contribution is -2.54. The molecule has 3 rings (SSSR count). The second-order valence-electron chi connectivity index (χ2n) is 8.87. The average molecular weight is 445 g/mol. The Morgan fingerprint density at radius 2 is 1.84 bits per heavy atom. The van der Waals surface area contributed by atoms with Crippen LogP contribution in [0.5, 0.6) is 5.75 Å². The molecule has 8 nitrogen and oxygen atoms in total. The number of urea groups is 1. The quantitative estimate of drug-likeness (QED) is 0.600. The first-order valence-corrected chi connectivity index (χ1v) is 11.8. The molecule has 1 fully saturated rings. The molecule has 2 aliphatic rings. The zero-order chi connectivity index (χ0) is 23.1. The molecule has 0 bridgehead atoms. The summed E-state index contributed by atoms with van der Waals surface area (Å²) < 4.78 is 5.92. The van der Waals surface area contributed by atoms with Crippen molar-refractivity contribution < 1.29 is 19.1 Å². The second-order valence-corrected chi connectivity index (χ2v) is 8.87. The van der Waals surface area contributed by atoms with E-state index in [4.69, 9.17) is 4.74 Å². The molecule has 1 aromatic carbocycles. The van der Waals surface area contributed by atoms with E-state index in [0.717, 1.165) is 37.8 Å². The number of para-hydroxylation sites is 2. The molecule has 0 radical (unpaired) electrons. The van der Waals surface area contributed by atoms with Gasteiger partial charge in [0.05, 0.1) is 18.8 Å². The van der Waals surface area contributed by atoms with Gasteiger partial charge >= 0.3 is 6.03 Å². The minimum atomic E-state index is -0.727. The van der Waals surface area contributed by atoms with Crippen molar-refractivity contribution in [3.05, 3.63) is 24.3 Å². The van der Waals surface area contributed by atoms with E-state index >= 15 is 0 Å². The van der Waals surface area contributed by atoms with E-state index < -0.39 is 18.0 Å². The Morgan fingerprint density at radius 1 is 1.12 bits per heavy atom. The van der Waals surface area contributed by atoms with Crippen LogP contribution < -0.4 is 25.6 Å². The van der Waals surface area contributed by atoms with Crippen LogP contribution in [0.15, 0.2) is 24.3 Å². The number of nitrogens with zero attached hydrogens (tertiary/aromatic N) is 1. The van der Waals surface area contributed by atoms with Crippen LogP contribution in [-0.4, -0.2) is 49.1 Å². The number of fused-ring (bicyclic) bond motifs is 1. The summed E-state index contributed by atoms with van der Waals surface area (Å²) in [6, 6.07) is 7.05. The number of nitrogens with one attached hydrogen (secondary N) is 3. The van der Waals surface area contributed by atoms with Gasteiger partial charge in [-0.15, -0.1) is 0 Å². The SMILES string of the molecule is CCC(CC)NC(=O)C1CN(CC(=O)NC(=O)NC2CCCCC2C)c2ccccc2O1. The predicted octanol–water partition coefficient (Wildman–Crippen LogP) is 2.96. The van der Waals surface area contributed by atoms with Crippen molar-refractivity contribution in [2.75, 3.05) is 18.0 Å². The fourth-order valence-corrected chi connectivity index (χ4v) is 4.45. The third kappa shape index (κ3) is 6.14. The Balaban J connectivity index is 1.61. The molecule has 1 aromatic rings. The fraction of sp³-hybridized carbons (Fsp3) is 0.625. The first kappa shape index (κ1) is 23.9. The van der Waals surface area contributed by atoms with Crippen LogP contribution in [0.1, 0.15) is 59.3 Å². The standard InChI is InChI=1S/C24H36N4O4/c1-4-17(5-2)25-23(30)21-14-28(19-12-8-9-13-20(19)32-21)15-22(29)27-24(31)26-18-11-7-6-10-16(18)3/h8-9,12-13,16-18,21H,4-7,10-11,14-15H2,1-3H3,(H,25,30)(H2,26,27,29,31). The number of amides is 4. The van der Waals surface area contributed by atoms with Crippen LogP contribution in [-0.2, 0) is 9.59 Å². The van der Waals surface area contributed by atoms with E-state index in [1.807, 2.05) is 32.0 Å². The minimum Gasteiger partial charge on any atom is -0.477 e. The highest BCUT2D eigenvalue weighted by molar-refractivity contribution is 5.97.